The Balaban J connectivity index is 2.20. The molecule has 0 radical (unpaired) electrons. The minimum Gasteiger partial charge on any atom is -0.395 e. The predicted octanol–water partition coefficient (Wildman–Crippen LogP) is 4.52. The van der Waals surface area contributed by atoms with E-state index in [9.17, 15) is 26.7 Å². The Labute approximate surface area is 127 Å². The van der Waals surface area contributed by atoms with Crippen molar-refractivity contribution in [3.8, 4) is 11.5 Å². The van der Waals surface area contributed by atoms with Crippen LogP contribution in [0.5, 0.6) is 11.5 Å². The number of hydrogen-bond donors (Lipinski definition) is 0. The van der Waals surface area contributed by atoms with Crippen LogP contribution in [0.4, 0.5) is 26.7 Å². The van der Waals surface area contributed by atoms with Gasteiger partial charge in [0, 0.05) is 0 Å². The zero-order valence-electron chi connectivity index (χ0n) is 11.6. The highest BCUT2D eigenvalue weighted by molar-refractivity contribution is 5.67. The lowest BCUT2D eigenvalue weighted by atomic mass is 10.2. The van der Waals surface area contributed by atoms with Crippen LogP contribution < -0.4 is 9.47 Å². The first-order valence-corrected chi connectivity index (χ1v) is 6.35. The maximum Gasteiger partial charge on any atom is 0.519 e. The van der Waals surface area contributed by atoms with E-state index >= 15 is 0 Å². The molecule has 0 atom stereocenters. The molecule has 8 heteroatoms. The van der Waals surface area contributed by atoms with Gasteiger partial charge in [-0.05, 0) is 24.1 Å². The van der Waals surface area contributed by atoms with Crippen LogP contribution in [0, 0.1) is 29.1 Å². The SMILES string of the molecule is CCc1ccc(OC(=O)Oc2c(F)c(F)c(F)c(F)c2F)cc1. The Morgan fingerprint density at radius 2 is 1.30 bits per heavy atom. The molecule has 122 valence electrons. The first-order valence-electron chi connectivity index (χ1n) is 6.35. The molecule has 0 amide bonds. The van der Waals surface area contributed by atoms with E-state index in [0.717, 1.165) is 12.0 Å². The summed E-state index contributed by atoms with van der Waals surface area (Å²) >= 11 is 0. The van der Waals surface area contributed by atoms with Gasteiger partial charge in [-0.1, -0.05) is 19.1 Å². The van der Waals surface area contributed by atoms with Crippen LogP contribution in [0.1, 0.15) is 12.5 Å². The van der Waals surface area contributed by atoms with Crippen molar-refractivity contribution in [3.63, 3.8) is 0 Å². The summed E-state index contributed by atoms with van der Waals surface area (Å²) in [5.41, 5.74) is 0.936. The van der Waals surface area contributed by atoms with Crippen molar-refractivity contribution in [3.05, 3.63) is 58.9 Å². The lowest BCUT2D eigenvalue weighted by Gasteiger charge is -2.09. The lowest BCUT2D eigenvalue weighted by Crippen LogP contribution is -2.17. The van der Waals surface area contributed by atoms with Gasteiger partial charge in [0.15, 0.2) is 0 Å². The zero-order valence-corrected chi connectivity index (χ0v) is 11.6. The van der Waals surface area contributed by atoms with Crippen LogP contribution in [-0.4, -0.2) is 6.16 Å². The second-order valence-electron chi connectivity index (χ2n) is 4.35. The van der Waals surface area contributed by atoms with Gasteiger partial charge in [-0.2, -0.15) is 8.78 Å². The summed E-state index contributed by atoms with van der Waals surface area (Å²) in [6, 6.07) is 6.03. The summed E-state index contributed by atoms with van der Waals surface area (Å²) < 4.78 is 74.2. The summed E-state index contributed by atoms with van der Waals surface area (Å²) in [5, 5.41) is 0. The molecule has 3 nitrogen and oxygen atoms in total. The van der Waals surface area contributed by atoms with Crippen LogP contribution in [0.25, 0.3) is 0 Å². The highest BCUT2D eigenvalue weighted by Crippen LogP contribution is 2.29. The number of hydrogen-bond acceptors (Lipinski definition) is 3. The van der Waals surface area contributed by atoms with Crippen molar-refractivity contribution in [2.24, 2.45) is 0 Å². The maximum absolute atomic E-state index is 13.3. The Kier molecular flexibility index (Phi) is 4.83. The largest absolute Gasteiger partial charge is 0.519 e. The van der Waals surface area contributed by atoms with Gasteiger partial charge >= 0.3 is 6.16 Å². The summed E-state index contributed by atoms with van der Waals surface area (Å²) in [6.45, 7) is 1.90. The Morgan fingerprint density at radius 3 is 1.78 bits per heavy atom. The number of carbonyl (C=O) groups is 1. The molecule has 0 spiro atoms. The van der Waals surface area contributed by atoms with Crippen molar-refractivity contribution in [2.45, 2.75) is 13.3 Å². The Hall–Kier alpha value is -2.64. The molecule has 23 heavy (non-hydrogen) atoms. The van der Waals surface area contributed by atoms with Crippen LogP contribution >= 0.6 is 0 Å². The summed E-state index contributed by atoms with van der Waals surface area (Å²) in [4.78, 5) is 11.4. The number of halogens is 5. The minimum atomic E-state index is -2.35. The number of carbonyl (C=O) groups excluding carboxylic acids is 1. The standard InChI is InChI=1S/C15H9F5O3/c1-2-7-3-5-8(6-4-7)22-15(21)23-14-12(19)10(17)9(16)11(18)13(14)20/h3-6H,2H2,1H3. The van der Waals surface area contributed by atoms with Crippen LogP contribution in [0.3, 0.4) is 0 Å². The quantitative estimate of drug-likeness (QED) is 0.272. The number of ether oxygens (including phenoxy) is 2. The molecular formula is C15H9F5O3. The van der Waals surface area contributed by atoms with E-state index in [1.807, 2.05) is 6.92 Å². The van der Waals surface area contributed by atoms with Gasteiger partial charge in [0.2, 0.25) is 34.8 Å². The van der Waals surface area contributed by atoms with Crippen molar-refractivity contribution in [1.82, 2.24) is 0 Å². The molecule has 2 aromatic carbocycles. The van der Waals surface area contributed by atoms with Crippen molar-refractivity contribution >= 4 is 6.16 Å². The minimum absolute atomic E-state index is 0.0175. The molecule has 0 aromatic heterocycles. The average molecular weight is 332 g/mol. The van der Waals surface area contributed by atoms with Gasteiger partial charge in [-0.3, -0.25) is 0 Å². The third kappa shape index (κ3) is 3.41. The molecule has 0 aliphatic heterocycles. The van der Waals surface area contributed by atoms with Gasteiger partial charge in [0.05, 0.1) is 0 Å². The molecular weight excluding hydrogens is 323 g/mol. The van der Waals surface area contributed by atoms with Gasteiger partial charge in [-0.25, -0.2) is 18.0 Å². The smallest absolute Gasteiger partial charge is 0.395 e. The van der Waals surface area contributed by atoms with Crippen LogP contribution in [-0.2, 0) is 6.42 Å². The molecule has 0 fully saturated rings. The lowest BCUT2D eigenvalue weighted by molar-refractivity contribution is 0.146. The molecule has 0 bridgehead atoms. The normalized spacial score (nSPS) is 10.5. The molecule has 0 aliphatic rings. The Morgan fingerprint density at radius 1 is 0.826 bits per heavy atom. The highest BCUT2D eigenvalue weighted by atomic mass is 19.2. The van der Waals surface area contributed by atoms with E-state index in [1.165, 1.54) is 12.1 Å². The van der Waals surface area contributed by atoms with E-state index in [2.05, 4.69) is 9.47 Å². The van der Waals surface area contributed by atoms with Gasteiger partial charge in [0.1, 0.15) is 5.75 Å². The van der Waals surface area contributed by atoms with Gasteiger partial charge < -0.3 is 9.47 Å². The van der Waals surface area contributed by atoms with Crippen LogP contribution in [0.2, 0.25) is 0 Å². The molecule has 0 unspecified atom stereocenters. The molecule has 0 saturated carbocycles. The fourth-order valence-electron chi connectivity index (χ4n) is 1.67. The van der Waals surface area contributed by atoms with E-state index in [1.54, 1.807) is 12.1 Å². The predicted molar refractivity (Wildman–Crippen MR) is 68.7 cm³/mol. The van der Waals surface area contributed by atoms with Crippen molar-refractivity contribution in [2.75, 3.05) is 0 Å². The summed E-state index contributed by atoms with van der Waals surface area (Å²) in [6.07, 6.45) is -0.910. The molecule has 0 aliphatic carbocycles. The molecule has 2 rings (SSSR count). The maximum atomic E-state index is 13.3. The summed E-state index contributed by atoms with van der Waals surface area (Å²) in [5.74, 6) is -13.1. The monoisotopic (exact) mass is 332 g/mol. The molecule has 0 saturated heterocycles. The molecule has 2 aromatic rings. The first-order chi connectivity index (χ1) is 10.8. The van der Waals surface area contributed by atoms with E-state index in [-0.39, 0.29) is 5.75 Å². The van der Waals surface area contributed by atoms with E-state index < -0.39 is 41.0 Å². The second kappa shape index (κ2) is 6.64. The molecule has 0 heterocycles. The number of rotatable bonds is 3. The summed E-state index contributed by atoms with van der Waals surface area (Å²) in [7, 11) is 0. The third-order valence-corrected chi connectivity index (χ3v) is 2.89. The number of benzene rings is 2. The second-order valence-corrected chi connectivity index (χ2v) is 4.35. The van der Waals surface area contributed by atoms with E-state index in [0.29, 0.717) is 0 Å². The fourth-order valence-corrected chi connectivity index (χ4v) is 1.67. The van der Waals surface area contributed by atoms with E-state index in [4.69, 9.17) is 0 Å². The third-order valence-electron chi connectivity index (χ3n) is 2.89. The van der Waals surface area contributed by atoms with Gasteiger partial charge in [-0.15, -0.1) is 0 Å². The molecule has 0 N–H and O–H groups in total. The zero-order chi connectivity index (χ0) is 17.1. The van der Waals surface area contributed by atoms with Gasteiger partial charge in [0.25, 0.3) is 0 Å². The number of aryl methyl sites for hydroxylation is 1. The average Bonchev–Trinajstić information content (AvgIpc) is 2.56. The van der Waals surface area contributed by atoms with Crippen LogP contribution in [0.15, 0.2) is 24.3 Å². The first kappa shape index (κ1) is 16.7. The Bertz CT molecular complexity index is 715. The highest BCUT2D eigenvalue weighted by Gasteiger charge is 2.29. The van der Waals surface area contributed by atoms with Crippen molar-refractivity contribution < 1.29 is 36.2 Å². The fraction of sp³-hybridized carbons (Fsp3) is 0.133. The van der Waals surface area contributed by atoms with Crippen molar-refractivity contribution in [1.29, 1.82) is 0 Å². The topological polar surface area (TPSA) is 35.5 Å².